The zero-order valence-corrected chi connectivity index (χ0v) is 18.2. The molecule has 1 nitrogen and oxygen atoms in total. The van der Waals surface area contributed by atoms with E-state index in [0.717, 1.165) is 35.8 Å². The van der Waals surface area contributed by atoms with Gasteiger partial charge in [-0.25, -0.2) is 4.39 Å². The normalized spacial score (nSPS) is 11.2. The molecule has 2 heteroatoms. The van der Waals surface area contributed by atoms with Crippen LogP contribution in [-0.4, -0.2) is 0 Å². The van der Waals surface area contributed by atoms with Crippen molar-refractivity contribution in [3.05, 3.63) is 107 Å². The molecule has 0 atom stereocenters. The van der Waals surface area contributed by atoms with Crippen molar-refractivity contribution < 1.29 is 4.39 Å². The number of rotatable bonds is 8. The Hall–Kier alpha value is -2.97. The maximum absolute atomic E-state index is 15.2. The molecule has 0 fully saturated rings. The predicted molar refractivity (Wildman–Crippen MR) is 130 cm³/mol. The first kappa shape index (κ1) is 21.3. The maximum Gasteiger partial charge on any atom is 0.138 e. The average Bonchev–Trinajstić information content (AvgIpc) is 2.82. The van der Waals surface area contributed by atoms with Crippen LogP contribution in [0.2, 0.25) is 0 Å². The van der Waals surface area contributed by atoms with E-state index in [2.05, 4.69) is 43.3 Å². The molecule has 4 aromatic rings. The molecule has 0 aromatic heterocycles. The van der Waals surface area contributed by atoms with Crippen molar-refractivity contribution in [3.63, 3.8) is 0 Å². The Bertz CT molecular complexity index is 1140. The second-order valence-corrected chi connectivity index (χ2v) is 8.30. The second kappa shape index (κ2) is 9.89. The summed E-state index contributed by atoms with van der Waals surface area (Å²) in [7, 11) is 0. The van der Waals surface area contributed by atoms with Crippen LogP contribution < -0.4 is 5.73 Å². The van der Waals surface area contributed by atoms with E-state index >= 15 is 4.39 Å². The molecule has 0 aliphatic heterocycles. The summed E-state index contributed by atoms with van der Waals surface area (Å²) in [6, 6.07) is 26.8. The lowest BCUT2D eigenvalue weighted by Crippen LogP contribution is -1.96. The van der Waals surface area contributed by atoms with Crippen molar-refractivity contribution in [2.75, 3.05) is 0 Å². The highest BCUT2D eigenvalue weighted by atomic mass is 19.1. The minimum atomic E-state index is -0.160. The molecular formula is C29H30FN. The van der Waals surface area contributed by atoms with Crippen LogP contribution in [0.5, 0.6) is 0 Å². The van der Waals surface area contributed by atoms with E-state index < -0.39 is 0 Å². The van der Waals surface area contributed by atoms with Gasteiger partial charge in [-0.2, -0.15) is 0 Å². The van der Waals surface area contributed by atoms with Crippen LogP contribution in [-0.2, 0) is 25.8 Å². The van der Waals surface area contributed by atoms with E-state index in [1.54, 1.807) is 0 Å². The van der Waals surface area contributed by atoms with Crippen molar-refractivity contribution in [2.45, 2.75) is 45.6 Å². The minimum Gasteiger partial charge on any atom is -0.326 e. The summed E-state index contributed by atoms with van der Waals surface area (Å²) in [5.41, 5.74) is 12.2. The van der Waals surface area contributed by atoms with Gasteiger partial charge in [-0.3, -0.25) is 0 Å². The molecule has 0 bridgehead atoms. The first-order valence-corrected chi connectivity index (χ1v) is 11.3. The third kappa shape index (κ3) is 5.03. The van der Waals surface area contributed by atoms with Crippen LogP contribution in [0, 0.1) is 5.82 Å². The molecule has 0 spiro atoms. The van der Waals surface area contributed by atoms with Crippen LogP contribution in [0.1, 0.15) is 42.0 Å². The van der Waals surface area contributed by atoms with Crippen LogP contribution in [0.3, 0.4) is 0 Å². The van der Waals surface area contributed by atoms with E-state index in [9.17, 15) is 0 Å². The van der Waals surface area contributed by atoms with Gasteiger partial charge in [0, 0.05) is 17.5 Å². The number of hydrogen-bond donors (Lipinski definition) is 1. The number of benzene rings is 4. The SMILES string of the molecule is CCCCc1ccc(CCc2ccc3c(F)c(-c4ccc(CN)cc4)ccc3c2)cc1. The standard InChI is InChI=1S/C29H30FN/c1-2-3-4-21-5-7-22(8-6-21)9-10-23-13-17-28-26(19-23)16-18-27(29(28)30)25-14-11-24(20-31)12-15-25/h5-8,11-19H,2-4,9-10,20,31H2,1H3. The van der Waals surface area contributed by atoms with Gasteiger partial charge in [0.1, 0.15) is 5.82 Å². The summed E-state index contributed by atoms with van der Waals surface area (Å²) >= 11 is 0. The van der Waals surface area contributed by atoms with Gasteiger partial charge >= 0.3 is 0 Å². The lowest BCUT2D eigenvalue weighted by molar-refractivity contribution is 0.643. The van der Waals surface area contributed by atoms with Crippen LogP contribution in [0.4, 0.5) is 4.39 Å². The summed E-state index contributed by atoms with van der Waals surface area (Å²) in [5, 5.41) is 1.62. The smallest absolute Gasteiger partial charge is 0.138 e. The Morgan fingerprint density at radius 2 is 1.29 bits per heavy atom. The van der Waals surface area contributed by atoms with Crippen molar-refractivity contribution in [3.8, 4) is 11.1 Å². The number of aryl methyl sites for hydroxylation is 3. The molecule has 0 saturated carbocycles. The van der Waals surface area contributed by atoms with Crippen molar-refractivity contribution in [2.24, 2.45) is 5.73 Å². The van der Waals surface area contributed by atoms with Gasteiger partial charge in [0.15, 0.2) is 0 Å². The van der Waals surface area contributed by atoms with Gasteiger partial charge in [-0.15, -0.1) is 0 Å². The zero-order valence-electron chi connectivity index (χ0n) is 18.2. The molecule has 4 aromatic carbocycles. The minimum absolute atomic E-state index is 0.160. The maximum atomic E-state index is 15.2. The van der Waals surface area contributed by atoms with E-state index in [0.29, 0.717) is 17.5 Å². The van der Waals surface area contributed by atoms with E-state index in [-0.39, 0.29) is 5.82 Å². The number of hydrogen-bond acceptors (Lipinski definition) is 1. The highest BCUT2D eigenvalue weighted by Crippen LogP contribution is 2.30. The molecule has 0 unspecified atom stereocenters. The second-order valence-electron chi connectivity index (χ2n) is 8.30. The van der Waals surface area contributed by atoms with Crippen molar-refractivity contribution >= 4 is 10.8 Å². The molecule has 31 heavy (non-hydrogen) atoms. The molecule has 0 radical (unpaired) electrons. The number of halogens is 1. The fraction of sp³-hybridized carbons (Fsp3) is 0.241. The lowest BCUT2D eigenvalue weighted by Gasteiger charge is -2.10. The first-order chi connectivity index (χ1) is 15.2. The summed E-state index contributed by atoms with van der Waals surface area (Å²) < 4.78 is 15.2. The number of fused-ring (bicyclic) bond motifs is 1. The monoisotopic (exact) mass is 411 g/mol. The Kier molecular flexibility index (Phi) is 6.79. The topological polar surface area (TPSA) is 26.0 Å². The molecule has 0 amide bonds. The molecule has 158 valence electrons. The summed E-state index contributed by atoms with van der Waals surface area (Å²) in [6.07, 6.45) is 5.58. The van der Waals surface area contributed by atoms with Crippen LogP contribution >= 0.6 is 0 Å². The molecule has 0 heterocycles. The fourth-order valence-electron chi connectivity index (χ4n) is 4.08. The van der Waals surface area contributed by atoms with Crippen LogP contribution in [0.25, 0.3) is 21.9 Å². The zero-order chi connectivity index (χ0) is 21.6. The molecule has 0 aliphatic rings. The summed E-state index contributed by atoms with van der Waals surface area (Å²) in [4.78, 5) is 0. The molecule has 0 aliphatic carbocycles. The highest BCUT2D eigenvalue weighted by Gasteiger charge is 2.10. The average molecular weight is 412 g/mol. The first-order valence-electron chi connectivity index (χ1n) is 11.3. The largest absolute Gasteiger partial charge is 0.326 e. The Labute approximate surface area is 184 Å². The lowest BCUT2D eigenvalue weighted by atomic mass is 9.96. The highest BCUT2D eigenvalue weighted by molar-refractivity contribution is 5.88. The number of nitrogens with two attached hydrogens (primary N) is 1. The van der Waals surface area contributed by atoms with Crippen LogP contribution in [0.15, 0.2) is 78.9 Å². The summed E-state index contributed by atoms with van der Waals surface area (Å²) in [5.74, 6) is -0.160. The quantitative estimate of drug-likeness (QED) is 0.325. The predicted octanol–water partition coefficient (Wildman–Crippen LogP) is 7.23. The van der Waals surface area contributed by atoms with Gasteiger partial charge in [-0.1, -0.05) is 92.2 Å². The number of unbranched alkanes of at least 4 members (excludes halogenated alkanes) is 1. The van der Waals surface area contributed by atoms with Gasteiger partial charge in [-0.05, 0) is 58.9 Å². The molecular weight excluding hydrogens is 381 g/mol. The van der Waals surface area contributed by atoms with E-state index in [1.807, 2.05) is 42.5 Å². The molecule has 4 rings (SSSR count). The van der Waals surface area contributed by atoms with E-state index in [4.69, 9.17) is 5.73 Å². The third-order valence-corrected chi connectivity index (χ3v) is 6.06. The third-order valence-electron chi connectivity index (χ3n) is 6.06. The van der Waals surface area contributed by atoms with E-state index in [1.165, 1.54) is 29.5 Å². The Morgan fingerprint density at radius 1 is 0.677 bits per heavy atom. The summed E-state index contributed by atoms with van der Waals surface area (Å²) in [6.45, 7) is 2.72. The molecule has 0 saturated heterocycles. The van der Waals surface area contributed by atoms with Crippen molar-refractivity contribution in [1.82, 2.24) is 0 Å². The Morgan fingerprint density at radius 3 is 1.97 bits per heavy atom. The molecule has 2 N–H and O–H groups in total. The van der Waals surface area contributed by atoms with Gasteiger partial charge < -0.3 is 5.73 Å². The van der Waals surface area contributed by atoms with Gasteiger partial charge in [0.05, 0.1) is 0 Å². The Balaban J connectivity index is 1.49. The van der Waals surface area contributed by atoms with Crippen molar-refractivity contribution in [1.29, 1.82) is 0 Å². The van der Waals surface area contributed by atoms with Gasteiger partial charge in [0.2, 0.25) is 0 Å². The van der Waals surface area contributed by atoms with Gasteiger partial charge in [0.25, 0.3) is 0 Å². The fourth-order valence-corrected chi connectivity index (χ4v) is 4.08.